The van der Waals surface area contributed by atoms with Crippen LogP contribution in [-0.2, 0) is 9.59 Å². The van der Waals surface area contributed by atoms with Crippen LogP contribution in [0.2, 0.25) is 0 Å². The van der Waals surface area contributed by atoms with Crippen molar-refractivity contribution in [2.75, 3.05) is 46.6 Å². The van der Waals surface area contributed by atoms with Crippen molar-refractivity contribution >= 4 is 11.9 Å². The molecule has 3 N–H and O–H groups in total. The number of benzene rings is 1. The Labute approximate surface area is 233 Å². The van der Waals surface area contributed by atoms with E-state index in [-0.39, 0.29) is 36.6 Å². The number of carbonyl (C=O) groups excluding carboxylic acids is 1. The summed E-state index contributed by atoms with van der Waals surface area (Å²) >= 11 is 0. The van der Waals surface area contributed by atoms with E-state index in [0.717, 1.165) is 24.8 Å². The van der Waals surface area contributed by atoms with Crippen LogP contribution < -0.4 is 19.9 Å². The molecular weight excluding hydrogens is 498 g/mol. The quantitative estimate of drug-likeness (QED) is 0.334. The number of unbranched alkanes of at least 4 members (excludes halogenated alkanes) is 1. The van der Waals surface area contributed by atoms with Crippen LogP contribution in [0.25, 0.3) is 0 Å². The van der Waals surface area contributed by atoms with Crippen LogP contribution in [-0.4, -0.2) is 79.5 Å². The number of aliphatic carboxylic acids is 1. The van der Waals surface area contributed by atoms with Crippen LogP contribution in [0.3, 0.4) is 0 Å². The number of carbonyl (C=O) groups is 2. The molecule has 0 radical (unpaired) electrons. The highest BCUT2D eigenvalue weighted by Crippen LogP contribution is 2.48. The molecule has 2 aliphatic rings. The number of methoxy groups -OCH3 is 1. The standard InChI is InChI=1S/C30H47N3O6/c1-7-8-11-32(12-9-10-31)26(34)18-33-17-22(21-13-24(37-6)28-25(14-21)38-19-39-28)27(29(35)36)23(33)16-30(4,5)15-20(2)3/h13-15,22-23,27H,7-12,16-19,31H2,1-6H3,(H,35,36)/t22-,23+,27-/m1/s1. The van der Waals surface area contributed by atoms with Crippen LogP contribution in [0.15, 0.2) is 23.8 Å². The van der Waals surface area contributed by atoms with Gasteiger partial charge in [0.1, 0.15) is 0 Å². The van der Waals surface area contributed by atoms with Crippen LogP contribution >= 0.6 is 0 Å². The number of ether oxygens (including phenoxy) is 3. The minimum absolute atomic E-state index is 0.0231. The Morgan fingerprint density at radius 3 is 2.56 bits per heavy atom. The van der Waals surface area contributed by atoms with E-state index in [0.29, 0.717) is 49.8 Å². The van der Waals surface area contributed by atoms with E-state index in [1.807, 2.05) is 17.0 Å². The zero-order chi connectivity index (χ0) is 28.7. The molecule has 0 bridgehead atoms. The Morgan fingerprint density at radius 1 is 1.23 bits per heavy atom. The fraction of sp³-hybridized carbons (Fsp3) is 0.667. The molecule has 0 spiro atoms. The zero-order valence-corrected chi connectivity index (χ0v) is 24.5. The molecule has 218 valence electrons. The Bertz CT molecular complexity index is 1030. The van der Waals surface area contributed by atoms with E-state index in [9.17, 15) is 14.7 Å². The number of allylic oxidation sites excluding steroid dienone is 2. The largest absolute Gasteiger partial charge is 0.493 e. The Hall–Kier alpha value is -2.78. The Kier molecular flexibility index (Phi) is 10.7. The lowest BCUT2D eigenvalue weighted by atomic mass is 9.77. The molecule has 0 saturated carbocycles. The summed E-state index contributed by atoms with van der Waals surface area (Å²) in [5, 5.41) is 10.6. The van der Waals surface area contributed by atoms with Crippen LogP contribution in [0, 0.1) is 11.3 Å². The first-order chi connectivity index (χ1) is 18.5. The van der Waals surface area contributed by atoms with Crippen molar-refractivity contribution in [1.82, 2.24) is 9.80 Å². The number of nitrogens with two attached hydrogens (primary N) is 1. The maximum Gasteiger partial charge on any atom is 0.308 e. The van der Waals surface area contributed by atoms with Crippen molar-refractivity contribution in [3.63, 3.8) is 0 Å². The Morgan fingerprint density at radius 2 is 1.95 bits per heavy atom. The lowest BCUT2D eigenvalue weighted by Crippen LogP contribution is -2.46. The second-order valence-electron chi connectivity index (χ2n) is 11.7. The number of nitrogens with zero attached hydrogens (tertiary/aromatic N) is 2. The molecule has 1 aromatic rings. The lowest BCUT2D eigenvalue weighted by Gasteiger charge is -2.34. The van der Waals surface area contributed by atoms with Gasteiger partial charge >= 0.3 is 5.97 Å². The summed E-state index contributed by atoms with van der Waals surface area (Å²) in [6.45, 7) is 13.0. The number of hydrogen-bond donors (Lipinski definition) is 2. The van der Waals surface area contributed by atoms with Gasteiger partial charge in [0.05, 0.1) is 19.6 Å². The monoisotopic (exact) mass is 545 g/mol. The van der Waals surface area contributed by atoms with E-state index in [1.165, 1.54) is 5.57 Å². The van der Waals surface area contributed by atoms with Gasteiger partial charge in [-0.1, -0.05) is 38.8 Å². The van der Waals surface area contributed by atoms with E-state index < -0.39 is 11.9 Å². The van der Waals surface area contributed by atoms with Crippen LogP contribution in [0.5, 0.6) is 17.2 Å². The highest BCUT2D eigenvalue weighted by Gasteiger charge is 2.49. The van der Waals surface area contributed by atoms with E-state index in [2.05, 4.69) is 45.6 Å². The summed E-state index contributed by atoms with van der Waals surface area (Å²) in [6, 6.07) is 3.39. The number of hydrogen-bond acceptors (Lipinski definition) is 7. The predicted molar refractivity (Wildman–Crippen MR) is 151 cm³/mol. The molecule has 3 rings (SSSR count). The molecule has 0 unspecified atom stereocenters. The maximum absolute atomic E-state index is 13.6. The van der Waals surface area contributed by atoms with Gasteiger partial charge in [-0.3, -0.25) is 14.5 Å². The van der Waals surface area contributed by atoms with Crippen molar-refractivity contribution in [2.45, 2.75) is 72.3 Å². The topological polar surface area (TPSA) is 115 Å². The van der Waals surface area contributed by atoms with Gasteiger partial charge in [-0.25, -0.2) is 0 Å². The predicted octanol–water partition coefficient (Wildman–Crippen LogP) is 4.25. The van der Waals surface area contributed by atoms with Gasteiger partial charge in [0.2, 0.25) is 18.4 Å². The molecule has 3 atom stereocenters. The molecule has 9 nitrogen and oxygen atoms in total. The average Bonchev–Trinajstić information content (AvgIpc) is 3.47. The summed E-state index contributed by atoms with van der Waals surface area (Å²) in [5.41, 5.74) is 7.49. The van der Waals surface area contributed by atoms with Gasteiger partial charge < -0.3 is 30.0 Å². The van der Waals surface area contributed by atoms with Gasteiger partial charge in [-0.05, 0) is 62.8 Å². The number of fused-ring (bicyclic) bond motifs is 1. The third-order valence-electron chi connectivity index (χ3n) is 7.66. The normalized spacial score (nSPS) is 20.6. The lowest BCUT2D eigenvalue weighted by molar-refractivity contribution is -0.144. The zero-order valence-electron chi connectivity index (χ0n) is 24.5. The molecule has 39 heavy (non-hydrogen) atoms. The van der Waals surface area contributed by atoms with Crippen LogP contribution in [0.4, 0.5) is 0 Å². The van der Waals surface area contributed by atoms with E-state index >= 15 is 0 Å². The van der Waals surface area contributed by atoms with Crippen molar-refractivity contribution < 1.29 is 28.9 Å². The second kappa shape index (κ2) is 13.5. The summed E-state index contributed by atoms with van der Waals surface area (Å²) < 4.78 is 16.8. The molecule has 2 heterocycles. The van der Waals surface area contributed by atoms with Crippen molar-refractivity contribution in [3.8, 4) is 17.2 Å². The first kappa shape index (κ1) is 30.8. The summed E-state index contributed by atoms with van der Waals surface area (Å²) in [4.78, 5) is 30.5. The van der Waals surface area contributed by atoms with Gasteiger partial charge in [-0.2, -0.15) is 0 Å². The molecule has 1 amide bonds. The summed E-state index contributed by atoms with van der Waals surface area (Å²) in [6.07, 6.45) is 5.45. The Balaban J connectivity index is 1.99. The fourth-order valence-corrected chi connectivity index (χ4v) is 6.09. The van der Waals surface area contributed by atoms with Crippen molar-refractivity contribution in [3.05, 3.63) is 29.3 Å². The molecule has 1 saturated heterocycles. The van der Waals surface area contributed by atoms with Gasteiger partial charge in [0, 0.05) is 31.6 Å². The van der Waals surface area contributed by atoms with Crippen molar-refractivity contribution in [1.29, 1.82) is 0 Å². The minimum atomic E-state index is -0.865. The molecule has 0 aliphatic carbocycles. The number of carboxylic acids is 1. The average molecular weight is 546 g/mol. The number of amides is 1. The number of carboxylic acid groups (broad SMARTS) is 1. The number of rotatable bonds is 14. The SMILES string of the molecule is CCCCN(CCCN)C(=O)CN1C[C@H](c2cc(OC)c3c(c2)OCO3)[C@@H](C(=O)O)[C@@H]1CC(C)(C)C=C(C)C. The molecular formula is C30H47N3O6. The fourth-order valence-electron chi connectivity index (χ4n) is 6.09. The third kappa shape index (κ3) is 7.66. The van der Waals surface area contributed by atoms with Crippen LogP contribution in [0.1, 0.15) is 71.8 Å². The highest BCUT2D eigenvalue weighted by atomic mass is 16.7. The maximum atomic E-state index is 13.6. The summed E-state index contributed by atoms with van der Waals surface area (Å²) in [7, 11) is 1.56. The van der Waals surface area contributed by atoms with Crippen molar-refractivity contribution in [2.24, 2.45) is 17.1 Å². The second-order valence-corrected chi connectivity index (χ2v) is 11.7. The molecule has 1 fully saturated rings. The van der Waals surface area contributed by atoms with E-state index in [4.69, 9.17) is 19.9 Å². The van der Waals surface area contributed by atoms with Gasteiger partial charge in [-0.15, -0.1) is 0 Å². The first-order valence-corrected chi connectivity index (χ1v) is 14.1. The summed E-state index contributed by atoms with van der Waals surface area (Å²) in [5.74, 6) is -0.291. The smallest absolute Gasteiger partial charge is 0.308 e. The number of likely N-dealkylation sites (tertiary alicyclic amines) is 1. The highest BCUT2D eigenvalue weighted by molar-refractivity contribution is 5.79. The molecule has 2 aliphatic heterocycles. The minimum Gasteiger partial charge on any atom is -0.493 e. The molecule has 1 aromatic carbocycles. The third-order valence-corrected chi connectivity index (χ3v) is 7.66. The molecule has 0 aromatic heterocycles. The molecule has 9 heteroatoms. The van der Waals surface area contributed by atoms with Gasteiger partial charge in [0.25, 0.3) is 0 Å². The van der Waals surface area contributed by atoms with E-state index in [1.54, 1.807) is 7.11 Å². The van der Waals surface area contributed by atoms with Gasteiger partial charge in [0.15, 0.2) is 11.5 Å². The first-order valence-electron chi connectivity index (χ1n) is 14.1.